The largest absolute Gasteiger partial charge is 0.496 e. The van der Waals surface area contributed by atoms with Crippen LogP contribution in [-0.4, -0.2) is 43.0 Å². The number of hydrogen-bond donors (Lipinski definition) is 3. The molecule has 0 unspecified atom stereocenters. The zero-order valence-electron chi connectivity index (χ0n) is 18.8. The third-order valence-electron chi connectivity index (χ3n) is 5.16. The van der Waals surface area contributed by atoms with E-state index >= 15 is 0 Å². The number of nitrogens with zero attached hydrogens (tertiary/aromatic N) is 4. The average Bonchev–Trinajstić information content (AvgIpc) is 3.16. The van der Waals surface area contributed by atoms with Crippen LogP contribution in [0.25, 0.3) is 5.69 Å². The highest BCUT2D eigenvalue weighted by Crippen LogP contribution is 2.21. The molecule has 33 heavy (non-hydrogen) atoms. The summed E-state index contributed by atoms with van der Waals surface area (Å²) in [7, 11) is 3.39. The summed E-state index contributed by atoms with van der Waals surface area (Å²) in [6.07, 6.45) is 2.09. The maximum Gasteiger partial charge on any atom is 0.190 e. The van der Waals surface area contributed by atoms with Gasteiger partial charge in [0, 0.05) is 20.1 Å². The fourth-order valence-corrected chi connectivity index (χ4v) is 3.46. The van der Waals surface area contributed by atoms with Crippen molar-refractivity contribution >= 4 is 11.8 Å². The summed E-state index contributed by atoms with van der Waals surface area (Å²) >= 11 is 0. The molecule has 4 N–H and O–H groups in total. The Morgan fingerprint density at radius 1 is 1.15 bits per heavy atom. The summed E-state index contributed by atoms with van der Waals surface area (Å²) in [5, 5.41) is 20.6. The molecule has 0 saturated carbocycles. The Morgan fingerprint density at radius 2 is 1.88 bits per heavy atom. The number of anilines is 1. The molecule has 3 rings (SSSR count). The van der Waals surface area contributed by atoms with E-state index in [2.05, 4.69) is 26.8 Å². The summed E-state index contributed by atoms with van der Waals surface area (Å²) in [6.45, 7) is 1.35. The van der Waals surface area contributed by atoms with Gasteiger partial charge in [0.2, 0.25) is 0 Å². The van der Waals surface area contributed by atoms with Crippen LogP contribution in [0.1, 0.15) is 23.2 Å². The van der Waals surface area contributed by atoms with Crippen molar-refractivity contribution in [1.29, 1.82) is 5.26 Å². The van der Waals surface area contributed by atoms with Gasteiger partial charge in [-0.3, -0.25) is 4.99 Å². The monoisotopic (exact) mass is 449 g/mol. The van der Waals surface area contributed by atoms with Crippen LogP contribution in [-0.2, 0) is 12.8 Å². The van der Waals surface area contributed by atoms with Gasteiger partial charge in [0.15, 0.2) is 5.96 Å². The number of nitrogen functional groups attached to an aromatic ring is 1. The van der Waals surface area contributed by atoms with Gasteiger partial charge in [-0.05, 0) is 55.2 Å². The Bertz CT molecular complexity index is 1130. The predicted octanol–water partition coefficient (Wildman–Crippen LogP) is 2.81. The van der Waals surface area contributed by atoms with E-state index in [1.165, 1.54) is 16.8 Å². The van der Waals surface area contributed by atoms with E-state index in [1.54, 1.807) is 26.3 Å². The number of nitriles is 1. The zero-order valence-corrected chi connectivity index (χ0v) is 18.8. The predicted molar refractivity (Wildman–Crippen MR) is 127 cm³/mol. The minimum absolute atomic E-state index is 0.251. The molecule has 0 radical (unpaired) electrons. The van der Waals surface area contributed by atoms with Crippen LogP contribution in [0.15, 0.2) is 53.5 Å². The van der Waals surface area contributed by atoms with Crippen molar-refractivity contribution in [3.63, 3.8) is 0 Å². The van der Waals surface area contributed by atoms with Crippen LogP contribution >= 0.6 is 0 Å². The van der Waals surface area contributed by atoms with E-state index in [1.807, 2.05) is 24.3 Å². The number of halogens is 1. The highest BCUT2D eigenvalue weighted by Gasteiger charge is 2.16. The maximum absolute atomic E-state index is 13.2. The van der Waals surface area contributed by atoms with Crippen molar-refractivity contribution in [2.45, 2.75) is 19.3 Å². The lowest BCUT2D eigenvalue weighted by molar-refractivity contribution is 0.409. The van der Waals surface area contributed by atoms with Gasteiger partial charge < -0.3 is 21.1 Å². The van der Waals surface area contributed by atoms with Gasteiger partial charge in [0.1, 0.15) is 29.0 Å². The number of hydrogen-bond acceptors (Lipinski definition) is 5. The van der Waals surface area contributed by atoms with Gasteiger partial charge in [-0.1, -0.05) is 18.2 Å². The van der Waals surface area contributed by atoms with Crippen LogP contribution in [0, 0.1) is 17.1 Å². The first kappa shape index (κ1) is 23.6. The number of aliphatic imine (C=N–C) groups is 1. The molecule has 9 heteroatoms. The van der Waals surface area contributed by atoms with Crippen molar-refractivity contribution in [3.05, 3.63) is 71.2 Å². The molecular weight excluding hydrogens is 421 g/mol. The molecule has 172 valence electrons. The second-order valence-corrected chi connectivity index (χ2v) is 7.30. The van der Waals surface area contributed by atoms with E-state index in [4.69, 9.17) is 10.5 Å². The Hall–Kier alpha value is -4.06. The van der Waals surface area contributed by atoms with Crippen LogP contribution in [0.4, 0.5) is 10.2 Å². The molecular formula is C24H28FN7O. The number of benzene rings is 2. The molecule has 0 bridgehead atoms. The van der Waals surface area contributed by atoms with Crippen LogP contribution in [0.2, 0.25) is 0 Å². The molecule has 8 nitrogen and oxygen atoms in total. The normalized spacial score (nSPS) is 11.2. The summed E-state index contributed by atoms with van der Waals surface area (Å²) in [5.41, 5.74) is 8.80. The first-order chi connectivity index (χ1) is 16.1. The minimum Gasteiger partial charge on any atom is -0.496 e. The smallest absolute Gasteiger partial charge is 0.190 e. The van der Waals surface area contributed by atoms with E-state index in [0.717, 1.165) is 24.2 Å². The van der Waals surface area contributed by atoms with E-state index < -0.39 is 0 Å². The van der Waals surface area contributed by atoms with Gasteiger partial charge in [0.05, 0.1) is 18.5 Å². The molecule has 0 atom stereocenters. The average molecular weight is 450 g/mol. The Labute approximate surface area is 192 Å². The highest BCUT2D eigenvalue weighted by atomic mass is 19.1. The summed E-state index contributed by atoms with van der Waals surface area (Å²) in [6, 6.07) is 15.9. The van der Waals surface area contributed by atoms with E-state index in [9.17, 15) is 9.65 Å². The first-order valence-electron chi connectivity index (χ1n) is 10.7. The van der Waals surface area contributed by atoms with Crippen molar-refractivity contribution < 1.29 is 9.13 Å². The molecule has 0 saturated heterocycles. The number of ether oxygens (including phenoxy) is 1. The minimum atomic E-state index is -0.346. The first-order valence-corrected chi connectivity index (χ1v) is 10.7. The van der Waals surface area contributed by atoms with Crippen LogP contribution in [0.5, 0.6) is 5.75 Å². The lowest BCUT2D eigenvalue weighted by Crippen LogP contribution is -2.38. The summed E-state index contributed by atoms with van der Waals surface area (Å²) in [5.74, 6) is 1.47. The number of aromatic nitrogens is 2. The van der Waals surface area contributed by atoms with E-state index in [0.29, 0.717) is 42.4 Å². The summed E-state index contributed by atoms with van der Waals surface area (Å²) < 4.78 is 20.1. The second-order valence-electron chi connectivity index (χ2n) is 7.30. The quantitative estimate of drug-likeness (QED) is 0.263. The molecule has 1 aromatic heterocycles. The Morgan fingerprint density at radius 3 is 2.58 bits per heavy atom. The van der Waals surface area contributed by atoms with Crippen molar-refractivity contribution in [3.8, 4) is 17.5 Å². The van der Waals surface area contributed by atoms with Gasteiger partial charge in [0.25, 0.3) is 0 Å². The SMILES string of the molecule is CN=C(NCCCc1nn(-c2ccc(F)cc2)c(N)c1C#N)NCCc1ccccc1OC. The summed E-state index contributed by atoms with van der Waals surface area (Å²) in [4.78, 5) is 4.25. The molecule has 2 aromatic carbocycles. The number of nitrogens with one attached hydrogen (secondary N) is 2. The van der Waals surface area contributed by atoms with Gasteiger partial charge >= 0.3 is 0 Å². The molecule has 3 aromatic rings. The molecule has 0 aliphatic carbocycles. The topological polar surface area (TPSA) is 113 Å². The van der Waals surface area contributed by atoms with Crippen molar-refractivity contribution in [2.75, 3.05) is 33.0 Å². The van der Waals surface area contributed by atoms with Gasteiger partial charge in [-0.25, -0.2) is 9.07 Å². The Kier molecular flexibility index (Phi) is 8.24. The Balaban J connectivity index is 1.51. The van der Waals surface area contributed by atoms with Crippen molar-refractivity contribution in [1.82, 2.24) is 20.4 Å². The zero-order chi connectivity index (χ0) is 23.6. The number of aryl methyl sites for hydroxylation is 1. The number of nitrogens with two attached hydrogens (primary N) is 1. The van der Waals surface area contributed by atoms with Crippen LogP contribution in [0.3, 0.4) is 0 Å². The molecule has 1 heterocycles. The molecule has 0 amide bonds. The fourth-order valence-electron chi connectivity index (χ4n) is 3.46. The number of methoxy groups -OCH3 is 1. The lowest BCUT2D eigenvalue weighted by Gasteiger charge is -2.13. The number of guanidine groups is 1. The van der Waals surface area contributed by atoms with Gasteiger partial charge in [-0.2, -0.15) is 10.4 Å². The fraction of sp³-hybridized carbons (Fsp3) is 0.292. The number of rotatable bonds is 9. The third-order valence-corrected chi connectivity index (χ3v) is 5.16. The second kappa shape index (κ2) is 11.5. The lowest BCUT2D eigenvalue weighted by atomic mass is 10.1. The third kappa shape index (κ3) is 6.01. The van der Waals surface area contributed by atoms with E-state index in [-0.39, 0.29) is 11.6 Å². The van der Waals surface area contributed by atoms with Crippen molar-refractivity contribution in [2.24, 2.45) is 4.99 Å². The molecule has 0 aliphatic heterocycles. The standard InChI is InChI=1S/C24H28FN7O/c1-28-24(30-15-13-17-6-3-4-8-22(17)33-2)29-14-5-7-21-20(16-26)23(27)32(31-21)19-11-9-18(25)10-12-19/h3-4,6,8-12H,5,7,13-15,27H2,1-2H3,(H2,28,29,30). The van der Waals surface area contributed by atoms with Crippen LogP contribution < -0.4 is 21.1 Å². The molecule has 0 aliphatic rings. The maximum atomic E-state index is 13.2. The number of para-hydroxylation sites is 1. The van der Waals surface area contributed by atoms with Gasteiger partial charge in [-0.15, -0.1) is 0 Å². The molecule has 0 spiro atoms. The molecule has 0 fully saturated rings. The highest BCUT2D eigenvalue weighted by molar-refractivity contribution is 5.79.